The largest absolute Gasteiger partial charge is 0.341 e. The van der Waals surface area contributed by atoms with Gasteiger partial charge in [-0.1, -0.05) is 0 Å². The number of nitrogens with two attached hydrogens (primary N) is 1. The number of nitrogens with zero attached hydrogens (tertiary/aromatic N) is 3. The zero-order valence-corrected chi connectivity index (χ0v) is 8.90. The Kier molecular flexibility index (Phi) is 2.46. The smallest absolute Gasteiger partial charge is 0.205 e. The number of hydrogen-bond acceptors (Lipinski definition) is 3. The summed E-state index contributed by atoms with van der Waals surface area (Å²) >= 11 is 0. The molecule has 4 heteroatoms. The molecule has 4 nitrogen and oxygen atoms in total. The van der Waals surface area contributed by atoms with Crippen molar-refractivity contribution < 1.29 is 0 Å². The van der Waals surface area contributed by atoms with Gasteiger partial charge in [-0.25, -0.2) is 4.98 Å². The molecule has 1 unspecified atom stereocenters. The molecule has 1 aliphatic heterocycles. The van der Waals surface area contributed by atoms with Crippen molar-refractivity contribution in [1.29, 1.82) is 0 Å². The van der Waals surface area contributed by atoms with E-state index >= 15 is 0 Å². The van der Waals surface area contributed by atoms with Crippen LogP contribution in [0.3, 0.4) is 0 Å². The second kappa shape index (κ2) is 3.61. The molecular weight excluding hydrogens is 176 g/mol. The van der Waals surface area contributed by atoms with Gasteiger partial charge in [0.15, 0.2) is 0 Å². The van der Waals surface area contributed by atoms with Gasteiger partial charge < -0.3 is 15.2 Å². The van der Waals surface area contributed by atoms with Gasteiger partial charge in [0.2, 0.25) is 5.95 Å². The van der Waals surface area contributed by atoms with Crippen LogP contribution in [0.25, 0.3) is 0 Å². The fraction of sp³-hybridized carbons (Fsp3) is 0.700. The molecule has 0 amide bonds. The standard InChI is InChI=1S/C10H18N4/c1-3-14-8(2)6-12-10(14)13-5-4-9(11)7-13/h6,9H,3-5,7,11H2,1-2H3. The van der Waals surface area contributed by atoms with Gasteiger partial charge >= 0.3 is 0 Å². The van der Waals surface area contributed by atoms with Gasteiger partial charge in [-0.15, -0.1) is 0 Å². The van der Waals surface area contributed by atoms with E-state index in [1.807, 2.05) is 6.20 Å². The van der Waals surface area contributed by atoms with Crippen LogP contribution in [0.5, 0.6) is 0 Å². The fourth-order valence-corrected chi connectivity index (χ4v) is 2.06. The van der Waals surface area contributed by atoms with Gasteiger partial charge in [-0.05, 0) is 20.3 Å². The number of hydrogen-bond donors (Lipinski definition) is 1. The predicted molar refractivity (Wildman–Crippen MR) is 57.4 cm³/mol. The lowest BCUT2D eigenvalue weighted by atomic mass is 10.3. The molecule has 14 heavy (non-hydrogen) atoms. The van der Waals surface area contributed by atoms with Crippen molar-refractivity contribution in [3.63, 3.8) is 0 Å². The lowest BCUT2D eigenvalue weighted by molar-refractivity contribution is 0.705. The lowest BCUT2D eigenvalue weighted by Gasteiger charge is -2.18. The first-order chi connectivity index (χ1) is 6.72. The molecule has 1 aromatic rings. The van der Waals surface area contributed by atoms with E-state index in [1.54, 1.807) is 0 Å². The summed E-state index contributed by atoms with van der Waals surface area (Å²) < 4.78 is 2.23. The van der Waals surface area contributed by atoms with Crippen LogP contribution in [-0.4, -0.2) is 28.7 Å². The Morgan fingerprint density at radius 1 is 1.64 bits per heavy atom. The van der Waals surface area contributed by atoms with Crippen molar-refractivity contribution in [3.05, 3.63) is 11.9 Å². The Bertz CT molecular complexity index is 318. The highest BCUT2D eigenvalue weighted by Crippen LogP contribution is 2.19. The highest BCUT2D eigenvalue weighted by Gasteiger charge is 2.22. The zero-order valence-electron chi connectivity index (χ0n) is 8.90. The number of aromatic nitrogens is 2. The fourth-order valence-electron chi connectivity index (χ4n) is 2.06. The van der Waals surface area contributed by atoms with E-state index in [1.165, 1.54) is 5.69 Å². The second-order valence-electron chi connectivity index (χ2n) is 3.94. The summed E-state index contributed by atoms with van der Waals surface area (Å²) in [5, 5.41) is 0. The third-order valence-corrected chi connectivity index (χ3v) is 2.86. The molecule has 0 aromatic carbocycles. The first-order valence-corrected chi connectivity index (χ1v) is 5.25. The summed E-state index contributed by atoms with van der Waals surface area (Å²) in [6, 6.07) is 0.317. The first-order valence-electron chi connectivity index (χ1n) is 5.25. The molecule has 2 rings (SSSR count). The van der Waals surface area contributed by atoms with Crippen molar-refractivity contribution in [2.45, 2.75) is 32.9 Å². The minimum atomic E-state index is 0.317. The summed E-state index contributed by atoms with van der Waals surface area (Å²) in [6.45, 7) is 7.20. The maximum atomic E-state index is 5.88. The molecule has 0 saturated carbocycles. The van der Waals surface area contributed by atoms with E-state index < -0.39 is 0 Å². The van der Waals surface area contributed by atoms with Gasteiger partial charge in [0, 0.05) is 31.4 Å². The summed E-state index contributed by atoms with van der Waals surface area (Å²) in [7, 11) is 0. The van der Waals surface area contributed by atoms with Crippen LogP contribution in [0.2, 0.25) is 0 Å². The second-order valence-corrected chi connectivity index (χ2v) is 3.94. The molecule has 78 valence electrons. The van der Waals surface area contributed by atoms with Gasteiger partial charge in [-0.3, -0.25) is 0 Å². The van der Waals surface area contributed by atoms with Crippen LogP contribution < -0.4 is 10.6 Å². The number of rotatable bonds is 2. The Morgan fingerprint density at radius 2 is 2.43 bits per heavy atom. The van der Waals surface area contributed by atoms with Crippen LogP contribution in [0.1, 0.15) is 19.0 Å². The molecule has 1 fully saturated rings. The molecule has 1 aliphatic rings. The predicted octanol–water partition coefficient (Wildman–Crippen LogP) is 0.749. The molecule has 0 aliphatic carbocycles. The highest BCUT2D eigenvalue weighted by molar-refractivity contribution is 5.35. The summed E-state index contributed by atoms with van der Waals surface area (Å²) in [6.07, 6.45) is 3.01. The Balaban J connectivity index is 2.23. The molecule has 1 saturated heterocycles. The maximum absolute atomic E-state index is 5.88. The number of imidazole rings is 1. The van der Waals surface area contributed by atoms with Crippen molar-refractivity contribution in [1.82, 2.24) is 9.55 Å². The highest BCUT2D eigenvalue weighted by atomic mass is 15.3. The molecule has 1 atom stereocenters. The Morgan fingerprint density at radius 3 is 3.00 bits per heavy atom. The van der Waals surface area contributed by atoms with Crippen LogP contribution in [0, 0.1) is 6.92 Å². The van der Waals surface area contributed by atoms with E-state index in [0.717, 1.165) is 32.0 Å². The van der Waals surface area contributed by atoms with E-state index in [9.17, 15) is 0 Å². The summed E-state index contributed by atoms with van der Waals surface area (Å²) in [5.74, 6) is 1.08. The van der Waals surface area contributed by atoms with Gasteiger partial charge in [0.05, 0.1) is 6.20 Å². The lowest BCUT2D eigenvalue weighted by Crippen LogP contribution is -2.28. The Hall–Kier alpha value is -1.03. The van der Waals surface area contributed by atoms with Gasteiger partial charge in [0.25, 0.3) is 0 Å². The van der Waals surface area contributed by atoms with E-state index in [-0.39, 0.29) is 0 Å². The number of anilines is 1. The monoisotopic (exact) mass is 194 g/mol. The number of aryl methyl sites for hydroxylation is 1. The Labute approximate surface area is 84.7 Å². The first kappa shape index (κ1) is 9.52. The van der Waals surface area contributed by atoms with Crippen molar-refractivity contribution >= 4 is 5.95 Å². The van der Waals surface area contributed by atoms with Crippen LogP contribution >= 0.6 is 0 Å². The SMILES string of the molecule is CCn1c(C)cnc1N1CCC(N)C1. The topological polar surface area (TPSA) is 47.1 Å². The molecule has 1 aromatic heterocycles. The normalized spacial score (nSPS) is 21.9. The van der Waals surface area contributed by atoms with Crippen LogP contribution in [-0.2, 0) is 6.54 Å². The van der Waals surface area contributed by atoms with Gasteiger partial charge in [0.1, 0.15) is 0 Å². The quantitative estimate of drug-likeness (QED) is 0.755. The molecule has 0 radical (unpaired) electrons. The van der Waals surface area contributed by atoms with Crippen LogP contribution in [0.15, 0.2) is 6.20 Å². The summed E-state index contributed by atoms with van der Waals surface area (Å²) in [4.78, 5) is 6.72. The van der Waals surface area contributed by atoms with Crippen molar-refractivity contribution in [2.24, 2.45) is 5.73 Å². The van der Waals surface area contributed by atoms with E-state index in [2.05, 4.69) is 28.3 Å². The van der Waals surface area contributed by atoms with Crippen LogP contribution in [0.4, 0.5) is 5.95 Å². The molecule has 0 bridgehead atoms. The zero-order chi connectivity index (χ0) is 10.1. The molecule has 0 spiro atoms. The average Bonchev–Trinajstić information content (AvgIpc) is 2.71. The van der Waals surface area contributed by atoms with Crippen molar-refractivity contribution in [2.75, 3.05) is 18.0 Å². The molecular formula is C10H18N4. The van der Waals surface area contributed by atoms with E-state index in [0.29, 0.717) is 6.04 Å². The van der Waals surface area contributed by atoms with Gasteiger partial charge in [-0.2, -0.15) is 0 Å². The average molecular weight is 194 g/mol. The van der Waals surface area contributed by atoms with E-state index in [4.69, 9.17) is 5.73 Å². The summed E-state index contributed by atoms with van der Waals surface area (Å²) in [5.41, 5.74) is 7.11. The third-order valence-electron chi connectivity index (χ3n) is 2.86. The maximum Gasteiger partial charge on any atom is 0.205 e. The molecule has 2 N–H and O–H groups in total. The molecule has 2 heterocycles. The third kappa shape index (κ3) is 1.50. The minimum Gasteiger partial charge on any atom is -0.341 e. The van der Waals surface area contributed by atoms with Crippen molar-refractivity contribution in [3.8, 4) is 0 Å². The minimum absolute atomic E-state index is 0.317.